The van der Waals surface area contributed by atoms with Gasteiger partial charge in [-0.25, -0.2) is 4.79 Å². The molecule has 0 saturated carbocycles. The number of thiophene rings is 1. The molecule has 2 aromatic rings. The highest BCUT2D eigenvalue weighted by Crippen LogP contribution is 2.37. The molecule has 7 heteroatoms. The molecule has 2 heterocycles. The molecule has 0 bridgehead atoms. The predicted octanol–water partition coefficient (Wildman–Crippen LogP) is 4.11. The Morgan fingerprint density at radius 1 is 1.27 bits per heavy atom. The molecule has 0 radical (unpaired) electrons. The van der Waals surface area contributed by atoms with E-state index in [1.54, 1.807) is 11.3 Å². The van der Waals surface area contributed by atoms with Crippen LogP contribution in [-0.4, -0.2) is 35.7 Å². The lowest BCUT2D eigenvalue weighted by Crippen LogP contribution is -2.30. The molecule has 0 fully saturated rings. The van der Waals surface area contributed by atoms with Gasteiger partial charge in [0, 0.05) is 23.7 Å². The van der Waals surface area contributed by atoms with Gasteiger partial charge in [-0.15, -0.1) is 11.3 Å². The van der Waals surface area contributed by atoms with Crippen molar-refractivity contribution in [3.63, 3.8) is 0 Å². The van der Waals surface area contributed by atoms with E-state index in [4.69, 9.17) is 17.0 Å². The van der Waals surface area contributed by atoms with Gasteiger partial charge >= 0.3 is 5.97 Å². The second-order valence-corrected chi connectivity index (χ2v) is 7.51. The summed E-state index contributed by atoms with van der Waals surface area (Å²) < 4.78 is 5.31. The van der Waals surface area contributed by atoms with Crippen LogP contribution in [0.15, 0.2) is 30.3 Å². The van der Waals surface area contributed by atoms with E-state index in [0.717, 1.165) is 42.3 Å². The van der Waals surface area contributed by atoms with Gasteiger partial charge in [0.05, 0.1) is 12.2 Å². The average molecular weight is 390 g/mol. The summed E-state index contributed by atoms with van der Waals surface area (Å²) in [6.07, 6.45) is 0.945. The first kappa shape index (κ1) is 18.8. The maximum atomic E-state index is 12.6. The third-order valence-corrected chi connectivity index (χ3v) is 5.72. The summed E-state index contributed by atoms with van der Waals surface area (Å²) in [7, 11) is 0. The summed E-state index contributed by atoms with van der Waals surface area (Å²) in [5.41, 5.74) is 2.61. The molecule has 0 aliphatic carbocycles. The zero-order valence-corrected chi connectivity index (χ0v) is 16.6. The number of rotatable bonds is 5. The van der Waals surface area contributed by atoms with E-state index >= 15 is 0 Å². The van der Waals surface area contributed by atoms with Crippen molar-refractivity contribution in [3.8, 4) is 0 Å². The first-order valence-electron chi connectivity index (χ1n) is 8.79. The number of benzene rings is 1. The maximum Gasteiger partial charge on any atom is 0.341 e. The minimum absolute atomic E-state index is 0.284. The molecule has 0 amide bonds. The Morgan fingerprint density at radius 2 is 2.04 bits per heavy atom. The number of anilines is 2. The second-order valence-electron chi connectivity index (χ2n) is 5.99. The van der Waals surface area contributed by atoms with Crippen LogP contribution in [0, 0.1) is 0 Å². The molecule has 26 heavy (non-hydrogen) atoms. The molecular formula is C19H23N3O2S2. The van der Waals surface area contributed by atoms with Gasteiger partial charge < -0.3 is 15.4 Å². The fourth-order valence-corrected chi connectivity index (χ4v) is 4.48. The first-order valence-corrected chi connectivity index (χ1v) is 10.0. The number of hydrogen-bond donors (Lipinski definition) is 2. The van der Waals surface area contributed by atoms with E-state index in [1.165, 1.54) is 4.88 Å². The van der Waals surface area contributed by atoms with Crippen LogP contribution in [0.2, 0.25) is 0 Å². The van der Waals surface area contributed by atoms with Crippen LogP contribution in [0.3, 0.4) is 0 Å². The fraction of sp³-hybridized carbons (Fsp3) is 0.368. The third-order valence-electron chi connectivity index (χ3n) is 4.31. The summed E-state index contributed by atoms with van der Waals surface area (Å²) in [4.78, 5) is 16.2. The summed E-state index contributed by atoms with van der Waals surface area (Å²) in [6, 6.07) is 9.72. The van der Waals surface area contributed by atoms with Gasteiger partial charge in [0.1, 0.15) is 5.00 Å². The van der Waals surface area contributed by atoms with Crippen LogP contribution in [-0.2, 0) is 17.7 Å². The molecule has 3 rings (SSSR count). The molecule has 0 saturated heterocycles. The van der Waals surface area contributed by atoms with Crippen LogP contribution in [0.25, 0.3) is 0 Å². The molecule has 0 unspecified atom stereocenters. The number of carbonyl (C=O) groups is 1. The Bertz CT molecular complexity index is 790. The van der Waals surface area contributed by atoms with E-state index < -0.39 is 0 Å². The van der Waals surface area contributed by atoms with E-state index in [9.17, 15) is 4.79 Å². The van der Waals surface area contributed by atoms with Crippen molar-refractivity contribution >= 4 is 45.3 Å². The first-order chi connectivity index (χ1) is 12.6. The van der Waals surface area contributed by atoms with Crippen molar-refractivity contribution in [2.24, 2.45) is 0 Å². The van der Waals surface area contributed by atoms with Crippen molar-refractivity contribution in [1.82, 2.24) is 4.90 Å². The maximum absolute atomic E-state index is 12.6. The minimum Gasteiger partial charge on any atom is -0.462 e. The largest absolute Gasteiger partial charge is 0.462 e. The zero-order valence-electron chi connectivity index (χ0n) is 15.0. The number of carbonyl (C=O) groups excluding carboxylic acids is 1. The normalized spacial score (nSPS) is 13.8. The van der Waals surface area contributed by atoms with Gasteiger partial charge in [-0.05, 0) is 49.8 Å². The monoisotopic (exact) mass is 389 g/mol. The molecule has 0 spiro atoms. The summed E-state index contributed by atoms with van der Waals surface area (Å²) in [6.45, 7) is 7.07. The van der Waals surface area contributed by atoms with E-state index in [1.807, 2.05) is 37.3 Å². The molecule has 0 atom stereocenters. The molecule has 1 aliphatic heterocycles. The third kappa shape index (κ3) is 4.23. The average Bonchev–Trinajstić information content (AvgIpc) is 2.99. The van der Waals surface area contributed by atoms with E-state index in [-0.39, 0.29) is 5.97 Å². The van der Waals surface area contributed by atoms with Crippen LogP contribution >= 0.6 is 23.6 Å². The highest BCUT2D eigenvalue weighted by atomic mass is 32.1. The van der Waals surface area contributed by atoms with Gasteiger partial charge in [0.2, 0.25) is 0 Å². The standard InChI is InChI=1S/C19H23N3O2S2/c1-3-22-11-10-15-14(12-22)16(18(23)24-4-2)17(26-15)21-19(25)20-13-8-6-5-7-9-13/h5-9H,3-4,10-12H2,1-2H3,(H2,20,21,25). The predicted molar refractivity (Wildman–Crippen MR) is 111 cm³/mol. The lowest BCUT2D eigenvalue weighted by atomic mass is 10.0. The zero-order chi connectivity index (χ0) is 18.5. The number of likely N-dealkylation sites (N-methyl/N-ethyl adjacent to an activating group) is 1. The van der Waals surface area contributed by atoms with Crippen LogP contribution in [0.4, 0.5) is 10.7 Å². The van der Waals surface area contributed by atoms with Gasteiger partial charge in [-0.2, -0.15) is 0 Å². The Kier molecular flexibility index (Phi) is 6.24. The SMILES string of the molecule is CCOC(=O)c1c(NC(=S)Nc2ccccc2)sc2c1CN(CC)CC2. The second kappa shape index (κ2) is 8.62. The van der Waals surface area contributed by atoms with Gasteiger partial charge in [0.15, 0.2) is 5.11 Å². The number of fused-ring (bicyclic) bond motifs is 1. The minimum atomic E-state index is -0.284. The molecule has 1 aromatic carbocycles. The van der Waals surface area contributed by atoms with E-state index in [0.29, 0.717) is 17.3 Å². The van der Waals surface area contributed by atoms with Crippen molar-refractivity contribution < 1.29 is 9.53 Å². The molecule has 1 aromatic heterocycles. The molecule has 138 valence electrons. The number of hydrogen-bond acceptors (Lipinski definition) is 5. The van der Waals surface area contributed by atoms with Crippen molar-refractivity contribution in [2.75, 3.05) is 30.3 Å². The number of ether oxygens (including phenoxy) is 1. The Hall–Kier alpha value is -1.96. The summed E-state index contributed by atoms with van der Waals surface area (Å²) in [5.74, 6) is -0.284. The molecule has 5 nitrogen and oxygen atoms in total. The topological polar surface area (TPSA) is 53.6 Å². The highest BCUT2D eigenvalue weighted by molar-refractivity contribution is 7.80. The number of nitrogens with one attached hydrogen (secondary N) is 2. The van der Waals surface area contributed by atoms with Crippen LogP contribution < -0.4 is 10.6 Å². The Balaban J connectivity index is 1.85. The van der Waals surface area contributed by atoms with Crippen molar-refractivity contribution in [3.05, 3.63) is 46.3 Å². The molecular weight excluding hydrogens is 366 g/mol. The van der Waals surface area contributed by atoms with Gasteiger partial charge in [0.25, 0.3) is 0 Å². The van der Waals surface area contributed by atoms with E-state index in [2.05, 4.69) is 22.5 Å². The number of esters is 1. The summed E-state index contributed by atoms with van der Waals surface area (Å²) >= 11 is 7.04. The highest BCUT2D eigenvalue weighted by Gasteiger charge is 2.28. The fourth-order valence-electron chi connectivity index (χ4n) is 3.01. The van der Waals surface area contributed by atoms with Crippen molar-refractivity contribution in [1.29, 1.82) is 0 Å². The Labute approximate surface area is 163 Å². The number of para-hydroxylation sites is 1. The smallest absolute Gasteiger partial charge is 0.341 e. The van der Waals surface area contributed by atoms with Gasteiger partial charge in [-0.3, -0.25) is 4.90 Å². The lowest BCUT2D eigenvalue weighted by Gasteiger charge is -2.25. The quantitative estimate of drug-likeness (QED) is 0.593. The van der Waals surface area contributed by atoms with Crippen LogP contribution in [0.5, 0.6) is 0 Å². The lowest BCUT2D eigenvalue weighted by molar-refractivity contribution is 0.0525. The van der Waals surface area contributed by atoms with Crippen LogP contribution in [0.1, 0.15) is 34.6 Å². The van der Waals surface area contributed by atoms with Crippen molar-refractivity contribution in [2.45, 2.75) is 26.8 Å². The summed E-state index contributed by atoms with van der Waals surface area (Å²) in [5, 5.41) is 7.59. The molecule has 2 N–H and O–H groups in total. The number of nitrogens with zero attached hydrogens (tertiary/aromatic N) is 1. The molecule has 1 aliphatic rings. The number of thiocarbonyl (C=S) groups is 1. The van der Waals surface area contributed by atoms with Gasteiger partial charge in [-0.1, -0.05) is 25.1 Å². The Morgan fingerprint density at radius 3 is 2.73 bits per heavy atom.